The number of furan rings is 1. The van der Waals surface area contributed by atoms with Gasteiger partial charge in [0.2, 0.25) is 0 Å². The zero-order chi connectivity index (χ0) is 18.5. The number of nitrogens with zero attached hydrogens (tertiary/aromatic N) is 2. The number of hydrazone groups is 1. The van der Waals surface area contributed by atoms with Crippen LogP contribution in [0.25, 0.3) is 11.3 Å². The molecule has 2 N–H and O–H groups in total. The van der Waals surface area contributed by atoms with Crippen molar-refractivity contribution in [3.63, 3.8) is 0 Å². The molecule has 3 rings (SSSR count). The number of carbonyl (C=O) groups excluding carboxylic acids is 1. The van der Waals surface area contributed by atoms with Gasteiger partial charge in [0.1, 0.15) is 11.5 Å². The first-order chi connectivity index (χ1) is 12.5. The number of hydrogen-bond donors (Lipinski definition) is 2. The number of benzene rings is 1. The van der Waals surface area contributed by atoms with Crippen molar-refractivity contribution in [1.29, 1.82) is 0 Å². The molecule has 0 saturated heterocycles. The molecule has 26 heavy (non-hydrogen) atoms. The first-order valence-electron chi connectivity index (χ1n) is 7.41. The van der Waals surface area contributed by atoms with Gasteiger partial charge in [-0.25, -0.2) is 10.2 Å². The summed E-state index contributed by atoms with van der Waals surface area (Å²) >= 11 is 5.96. The van der Waals surface area contributed by atoms with E-state index in [1.165, 1.54) is 30.7 Å². The molecule has 3 aromatic rings. The lowest BCUT2D eigenvalue weighted by Crippen LogP contribution is -2.17. The summed E-state index contributed by atoms with van der Waals surface area (Å²) in [5.41, 5.74) is 3.46. The number of halogens is 1. The third-order valence-electron chi connectivity index (χ3n) is 3.41. The number of pyridine rings is 1. The maximum Gasteiger partial charge on any atom is 0.337 e. The average molecular weight is 370 g/mol. The molecule has 1 amide bonds. The minimum atomic E-state index is -1.10. The Morgan fingerprint density at radius 1 is 1.15 bits per heavy atom. The number of amides is 1. The molecule has 0 unspecified atom stereocenters. The van der Waals surface area contributed by atoms with Crippen molar-refractivity contribution in [3.8, 4) is 11.3 Å². The molecular weight excluding hydrogens is 358 g/mol. The molecular formula is C18H12ClN3O4. The van der Waals surface area contributed by atoms with Gasteiger partial charge in [-0.3, -0.25) is 9.78 Å². The highest BCUT2D eigenvalue weighted by Crippen LogP contribution is 2.27. The highest BCUT2D eigenvalue weighted by Gasteiger charge is 2.11. The van der Waals surface area contributed by atoms with E-state index in [1.807, 2.05) is 0 Å². The standard InChI is InChI=1S/C18H12ClN3O4/c19-15-9-12(1-3-14(15)18(24)25)16-4-2-13(26-16)10-21-22-17(23)11-5-7-20-8-6-11/h1-10H,(H,22,23)(H,24,25)/b21-10-. The molecule has 7 nitrogen and oxygen atoms in total. The zero-order valence-electron chi connectivity index (χ0n) is 13.2. The smallest absolute Gasteiger partial charge is 0.337 e. The van der Waals surface area contributed by atoms with Gasteiger partial charge in [-0.2, -0.15) is 5.10 Å². The Morgan fingerprint density at radius 3 is 2.62 bits per heavy atom. The van der Waals surface area contributed by atoms with E-state index in [-0.39, 0.29) is 16.5 Å². The normalized spacial score (nSPS) is 10.8. The van der Waals surface area contributed by atoms with E-state index in [0.29, 0.717) is 22.6 Å². The van der Waals surface area contributed by atoms with E-state index in [0.717, 1.165) is 0 Å². The van der Waals surface area contributed by atoms with Crippen LogP contribution in [0.1, 0.15) is 26.5 Å². The summed E-state index contributed by atoms with van der Waals surface area (Å²) < 4.78 is 5.60. The first kappa shape index (κ1) is 17.4. The van der Waals surface area contributed by atoms with E-state index < -0.39 is 5.97 Å². The number of carboxylic acid groups (broad SMARTS) is 1. The Labute approximate surface area is 152 Å². The van der Waals surface area contributed by atoms with Crippen LogP contribution < -0.4 is 5.43 Å². The van der Waals surface area contributed by atoms with Crippen LogP contribution in [-0.4, -0.2) is 28.2 Å². The number of nitrogens with one attached hydrogen (secondary N) is 1. The molecule has 2 aromatic heterocycles. The minimum absolute atomic E-state index is 0.0163. The molecule has 0 radical (unpaired) electrons. The van der Waals surface area contributed by atoms with Gasteiger partial charge in [0.15, 0.2) is 0 Å². The second-order valence-electron chi connectivity index (χ2n) is 5.14. The summed E-state index contributed by atoms with van der Waals surface area (Å²) in [5, 5.41) is 12.9. The van der Waals surface area contributed by atoms with Crippen molar-refractivity contribution in [2.45, 2.75) is 0 Å². The van der Waals surface area contributed by atoms with Gasteiger partial charge in [0.05, 0.1) is 16.8 Å². The summed E-state index contributed by atoms with van der Waals surface area (Å²) in [5.74, 6) is -0.565. The van der Waals surface area contributed by atoms with E-state index in [9.17, 15) is 9.59 Å². The highest BCUT2D eigenvalue weighted by atomic mass is 35.5. The van der Waals surface area contributed by atoms with E-state index >= 15 is 0 Å². The number of aromatic nitrogens is 1. The molecule has 0 fully saturated rings. The largest absolute Gasteiger partial charge is 0.478 e. The lowest BCUT2D eigenvalue weighted by molar-refractivity contribution is 0.0696. The fourth-order valence-corrected chi connectivity index (χ4v) is 2.40. The van der Waals surface area contributed by atoms with Crippen molar-refractivity contribution in [2.75, 3.05) is 0 Å². The average Bonchev–Trinajstić information content (AvgIpc) is 3.11. The van der Waals surface area contributed by atoms with Crippen LogP contribution in [0.3, 0.4) is 0 Å². The van der Waals surface area contributed by atoms with Gasteiger partial charge in [-0.05, 0) is 36.4 Å². The quantitative estimate of drug-likeness (QED) is 0.529. The summed E-state index contributed by atoms with van der Waals surface area (Å²) in [6.45, 7) is 0. The minimum Gasteiger partial charge on any atom is -0.478 e. The van der Waals surface area contributed by atoms with Crippen LogP contribution in [-0.2, 0) is 0 Å². The van der Waals surface area contributed by atoms with Crippen LogP contribution in [0.4, 0.5) is 0 Å². The molecule has 0 aliphatic heterocycles. The van der Waals surface area contributed by atoms with Gasteiger partial charge < -0.3 is 9.52 Å². The summed E-state index contributed by atoms with van der Waals surface area (Å²) in [6.07, 6.45) is 4.38. The molecule has 1 aromatic carbocycles. The maximum atomic E-state index is 11.8. The zero-order valence-corrected chi connectivity index (χ0v) is 14.0. The van der Waals surface area contributed by atoms with Crippen LogP contribution in [0.15, 0.2) is 64.4 Å². The maximum absolute atomic E-state index is 11.8. The number of carbonyl (C=O) groups is 2. The van der Waals surface area contributed by atoms with Gasteiger partial charge >= 0.3 is 5.97 Å². The molecule has 2 heterocycles. The number of carboxylic acids is 1. The topological polar surface area (TPSA) is 105 Å². The van der Waals surface area contributed by atoms with Crippen molar-refractivity contribution in [1.82, 2.24) is 10.4 Å². The van der Waals surface area contributed by atoms with Crippen molar-refractivity contribution < 1.29 is 19.1 Å². The third-order valence-corrected chi connectivity index (χ3v) is 3.72. The van der Waals surface area contributed by atoms with E-state index in [2.05, 4.69) is 15.5 Å². The number of aromatic carboxylic acids is 1. The second kappa shape index (κ2) is 7.62. The molecule has 0 aliphatic carbocycles. The lowest BCUT2D eigenvalue weighted by Gasteiger charge is -2.01. The van der Waals surface area contributed by atoms with Crippen LogP contribution in [0, 0.1) is 0 Å². The highest BCUT2D eigenvalue weighted by molar-refractivity contribution is 6.33. The van der Waals surface area contributed by atoms with Crippen LogP contribution in [0.5, 0.6) is 0 Å². The van der Waals surface area contributed by atoms with Crippen molar-refractivity contribution in [3.05, 3.63) is 76.8 Å². The van der Waals surface area contributed by atoms with Gasteiger partial charge in [0.25, 0.3) is 5.91 Å². The van der Waals surface area contributed by atoms with Gasteiger partial charge in [0, 0.05) is 23.5 Å². The predicted molar refractivity (Wildman–Crippen MR) is 95.4 cm³/mol. The molecule has 130 valence electrons. The Kier molecular flexibility index (Phi) is 5.09. The van der Waals surface area contributed by atoms with Crippen molar-refractivity contribution in [2.24, 2.45) is 5.10 Å². The SMILES string of the molecule is O=C(N/N=C\c1ccc(-c2ccc(C(=O)O)c(Cl)c2)o1)c1ccncc1. The summed E-state index contributed by atoms with van der Waals surface area (Å²) in [6, 6.07) is 11.0. The molecule has 8 heteroatoms. The number of hydrogen-bond acceptors (Lipinski definition) is 5. The Bertz CT molecular complexity index is 983. The molecule has 0 atom stereocenters. The third kappa shape index (κ3) is 3.96. The Morgan fingerprint density at radius 2 is 1.92 bits per heavy atom. The molecule has 0 aliphatic rings. The molecule has 0 bridgehead atoms. The van der Waals surface area contributed by atoms with Gasteiger partial charge in [-0.15, -0.1) is 0 Å². The van der Waals surface area contributed by atoms with Crippen LogP contribution >= 0.6 is 11.6 Å². The van der Waals surface area contributed by atoms with Crippen molar-refractivity contribution >= 4 is 29.7 Å². The second-order valence-corrected chi connectivity index (χ2v) is 5.54. The Balaban J connectivity index is 1.69. The molecule has 0 saturated carbocycles. The first-order valence-corrected chi connectivity index (χ1v) is 7.79. The molecule has 0 spiro atoms. The Hall–Kier alpha value is -3.45. The summed E-state index contributed by atoms with van der Waals surface area (Å²) in [4.78, 5) is 26.7. The lowest BCUT2D eigenvalue weighted by atomic mass is 10.1. The monoisotopic (exact) mass is 369 g/mol. The van der Waals surface area contributed by atoms with Gasteiger partial charge in [-0.1, -0.05) is 17.7 Å². The predicted octanol–water partition coefficient (Wildman–Crippen LogP) is 3.46. The fourth-order valence-electron chi connectivity index (χ4n) is 2.14. The van der Waals surface area contributed by atoms with Crippen LogP contribution in [0.2, 0.25) is 5.02 Å². The number of rotatable bonds is 5. The van der Waals surface area contributed by atoms with E-state index in [1.54, 1.807) is 30.3 Å². The van der Waals surface area contributed by atoms with E-state index in [4.69, 9.17) is 21.1 Å². The fraction of sp³-hybridized carbons (Fsp3) is 0. The summed E-state index contributed by atoms with van der Waals surface area (Å²) in [7, 11) is 0.